The Morgan fingerprint density at radius 1 is 1.28 bits per heavy atom. The number of rotatable bonds is 8. The molecule has 3 aromatic rings. The highest BCUT2D eigenvalue weighted by atomic mass is 32.2. The van der Waals surface area contributed by atoms with Crippen LogP contribution in [0.3, 0.4) is 0 Å². The Morgan fingerprint density at radius 3 is 2.84 bits per heavy atom. The molecule has 4 rings (SSSR count). The molecule has 0 atom stereocenters. The summed E-state index contributed by atoms with van der Waals surface area (Å²) in [7, 11) is 0. The van der Waals surface area contributed by atoms with Crippen molar-refractivity contribution in [1.29, 1.82) is 0 Å². The Morgan fingerprint density at radius 2 is 2.09 bits per heavy atom. The number of furan rings is 1. The second-order valence-electron chi connectivity index (χ2n) is 7.29. The van der Waals surface area contributed by atoms with Gasteiger partial charge in [-0.3, -0.25) is 14.5 Å². The number of hydrogen-bond acceptors (Lipinski definition) is 7. The van der Waals surface area contributed by atoms with Gasteiger partial charge in [0, 0.05) is 36.5 Å². The predicted molar refractivity (Wildman–Crippen MR) is 133 cm³/mol. The van der Waals surface area contributed by atoms with E-state index in [1.165, 1.54) is 39.1 Å². The fourth-order valence-electron chi connectivity index (χ4n) is 3.13. The number of thiazole rings is 1. The highest BCUT2D eigenvalue weighted by molar-refractivity contribution is 8.26. The number of nitrogens with zero attached hydrogens (tertiary/aromatic N) is 2. The van der Waals surface area contributed by atoms with Crippen LogP contribution in [-0.2, 0) is 16.0 Å². The number of aromatic nitrogens is 1. The van der Waals surface area contributed by atoms with Crippen LogP contribution >= 0.6 is 35.3 Å². The highest BCUT2D eigenvalue weighted by Gasteiger charge is 2.31. The van der Waals surface area contributed by atoms with Crippen LogP contribution in [0.4, 0.5) is 5.13 Å². The molecule has 6 nitrogen and oxygen atoms in total. The van der Waals surface area contributed by atoms with Crippen LogP contribution in [0.25, 0.3) is 6.08 Å². The third kappa shape index (κ3) is 5.73. The Kier molecular flexibility index (Phi) is 7.19. The lowest BCUT2D eigenvalue weighted by atomic mass is 10.1. The Hall–Kier alpha value is -2.75. The number of benzene rings is 1. The summed E-state index contributed by atoms with van der Waals surface area (Å²) in [6, 6.07) is 11.9. The average molecular weight is 484 g/mol. The van der Waals surface area contributed by atoms with Crippen molar-refractivity contribution < 1.29 is 14.0 Å². The van der Waals surface area contributed by atoms with Crippen LogP contribution in [0.1, 0.15) is 34.6 Å². The lowest BCUT2D eigenvalue weighted by molar-refractivity contribution is -0.122. The van der Waals surface area contributed by atoms with E-state index in [0.29, 0.717) is 33.1 Å². The number of amides is 2. The second kappa shape index (κ2) is 10.2. The summed E-state index contributed by atoms with van der Waals surface area (Å²) >= 11 is 8.04. The summed E-state index contributed by atoms with van der Waals surface area (Å²) in [6.45, 7) is 2.46. The van der Waals surface area contributed by atoms with Crippen LogP contribution in [0.2, 0.25) is 0 Å². The van der Waals surface area contributed by atoms with Crippen LogP contribution in [0.15, 0.2) is 58.2 Å². The monoisotopic (exact) mass is 483 g/mol. The number of carbonyl (C=O) groups excluding carboxylic acids is 2. The maximum absolute atomic E-state index is 12.6. The van der Waals surface area contributed by atoms with E-state index in [-0.39, 0.29) is 18.2 Å². The van der Waals surface area contributed by atoms with Gasteiger partial charge in [0.25, 0.3) is 5.91 Å². The lowest BCUT2D eigenvalue weighted by Crippen LogP contribution is -2.29. The largest absolute Gasteiger partial charge is 0.465 e. The van der Waals surface area contributed by atoms with Crippen molar-refractivity contribution in [3.05, 3.63) is 75.5 Å². The van der Waals surface area contributed by atoms with Crippen LogP contribution < -0.4 is 5.32 Å². The molecule has 0 unspecified atom stereocenters. The van der Waals surface area contributed by atoms with Crippen molar-refractivity contribution in [3.63, 3.8) is 0 Å². The van der Waals surface area contributed by atoms with Crippen molar-refractivity contribution in [2.24, 2.45) is 0 Å². The summed E-state index contributed by atoms with van der Waals surface area (Å²) in [4.78, 5) is 32.4. The molecule has 1 aliphatic heterocycles. The zero-order valence-electron chi connectivity index (χ0n) is 17.4. The molecule has 32 heavy (non-hydrogen) atoms. The third-order valence-electron chi connectivity index (χ3n) is 4.77. The first kappa shape index (κ1) is 22.4. The van der Waals surface area contributed by atoms with Crippen molar-refractivity contribution in [2.75, 3.05) is 11.9 Å². The van der Waals surface area contributed by atoms with Gasteiger partial charge in [0.2, 0.25) is 5.91 Å². The van der Waals surface area contributed by atoms with Crippen molar-refractivity contribution in [2.45, 2.75) is 26.2 Å². The molecular formula is C23H21N3O3S3. The summed E-state index contributed by atoms with van der Waals surface area (Å²) < 4.78 is 5.76. The first-order chi connectivity index (χ1) is 15.5. The fourth-order valence-corrected chi connectivity index (χ4v) is 5.28. The smallest absolute Gasteiger partial charge is 0.266 e. The molecule has 3 heterocycles. The normalized spacial score (nSPS) is 15.0. The number of hydrogen-bond donors (Lipinski definition) is 1. The molecule has 2 amide bonds. The molecule has 0 saturated carbocycles. The molecule has 1 aromatic carbocycles. The highest BCUT2D eigenvalue weighted by Crippen LogP contribution is 2.32. The van der Waals surface area contributed by atoms with Crippen molar-refractivity contribution in [1.82, 2.24) is 9.88 Å². The maximum atomic E-state index is 12.6. The average Bonchev–Trinajstić information content (AvgIpc) is 3.49. The van der Waals surface area contributed by atoms with Gasteiger partial charge >= 0.3 is 0 Å². The fraction of sp³-hybridized carbons (Fsp3) is 0.217. The first-order valence-electron chi connectivity index (χ1n) is 10.1. The van der Waals surface area contributed by atoms with E-state index in [0.717, 1.165) is 11.3 Å². The summed E-state index contributed by atoms with van der Waals surface area (Å²) in [5.41, 5.74) is 2.44. The summed E-state index contributed by atoms with van der Waals surface area (Å²) in [6.07, 6.45) is 6.61. The number of carbonyl (C=O) groups is 2. The molecule has 1 N–H and O–H groups in total. The van der Waals surface area contributed by atoms with E-state index in [4.69, 9.17) is 16.6 Å². The molecule has 9 heteroatoms. The summed E-state index contributed by atoms with van der Waals surface area (Å²) in [5.74, 6) is 0.324. The number of thiocarbonyl (C=S) groups is 1. The molecule has 1 aliphatic rings. The Bertz CT molecular complexity index is 1150. The van der Waals surface area contributed by atoms with E-state index < -0.39 is 0 Å². The minimum absolute atomic E-state index is 0.127. The molecule has 1 fully saturated rings. The van der Waals surface area contributed by atoms with E-state index in [2.05, 4.69) is 41.5 Å². The van der Waals surface area contributed by atoms with Gasteiger partial charge in [-0.25, -0.2) is 4.98 Å². The van der Waals surface area contributed by atoms with E-state index in [1.54, 1.807) is 30.7 Å². The zero-order chi connectivity index (χ0) is 22.5. The second-order valence-corrected chi connectivity index (χ2v) is 10.1. The molecular weight excluding hydrogens is 462 g/mol. The van der Waals surface area contributed by atoms with Gasteiger partial charge < -0.3 is 9.73 Å². The van der Waals surface area contributed by atoms with Gasteiger partial charge in [0.05, 0.1) is 11.2 Å². The van der Waals surface area contributed by atoms with Gasteiger partial charge in [0.15, 0.2) is 5.13 Å². The van der Waals surface area contributed by atoms with E-state index in [9.17, 15) is 9.59 Å². The van der Waals surface area contributed by atoms with Crippen LogP contribution in [0, 0.1) is 6.92 Å². The van der Waals surface area contributed by atoms with Gasteiger partial charge in [-0.1, -0.05) is 53.8 Å². The van der Waals surface area contributed by atoms with Crippen molar-refractivity contribution >= 4 is 62.7 Å². The first-order valence-corrected chi connectivity index (χ1v) is 12.1. The molecule has 0 spiro atoms. The predicted octanol–water partition coefficient (Wildman–Crippen LogP) is 5.26. The zero-order valence-corrected chi connectivity index (χ0v) is 19.8. The lowest BCUT2D eigenvalue weighted by Gasteiger charge is -2.13. The minimum atomic E-state index is -0.155. The van der Waals surface area contributed by atoms with Gasteiger partial charge in [0.1, 0.15) is 10.1 Å². The number of nitrogens with one attached hydrogen (secondary N) is 1. The van der Waals surface area contributed by atoms with Crippen LogP contribution in [0.5, 0.6) is 0 Å². The van der Waals surface area contributed by atoms with Gasteiger partial charge in [-0.2, -0.15) is 0 Å². The summed E-state index contributed by atoms with van der Waals surface area (Å²) in [5, 5.41) is 3.43. The molecule has 164 valence electrons. The Balaban J connectivity index is 1.24. The number of thioether (sulfide) groups is 1. The SMILES string of the molecule is Cc1ccc(Cc2cnc(NC(=O)CCCN3C(=O)C(=Cc4ccco4)SC3=S)s2)cc1. The topological polar surface area (TPSA) is 75.4 Å². The molecule has 0 radical (unpaired) electrons. The maximum Gasteiger partial charge on any atom is 0.266 e. The molecule has 2 aromatic heterocycles. The van der Waals surface area contributed by atoms with Gasteiger partial charge in [-0.05, 0) is 31.0 Å². The minimum Gasteiger partial charge on any atom is -0.465 e. The molecule has 1 saturated heterocycles. The third-order valence-corrected chi connectivity index (χ3v) is 7.07. The molecule has 0 bridgehead atoms. The quantitative estimate of drug-likeness (QED) is 0.348. The van der Waals surface area contributed by atoms with Crippen LogP contribution in [-0.4, -0.2) is 32.6 Å². The Labute approximate surface area is 199 Å². The molecule has 0 aliphatic carbocycles. The standard InChI is InChI=1S/C23H21N3O3S3/c1-15-6-8-16(9-7-15)12-18-14-24-22(31-18)25-20(27)5-2-10-26-21(28)19(32-23(26)30)13-17-4-3-11-29-17/h3-4,6-9,11,13-14H,2,5,10,12H2,1H3,(H,24,25,27). The number of anilines is 1. The van der Waals surface area contributed by atoms with Crippen molar-refractivity contribution in [3.8, 4) is 0 Å². The van der Waals surface area contributed by atoms with E-state index >= 15 is 0 Å². The number of aryl methyl sites for hydroxylation is 1. The van der Waals surface area contributed by atoms with E-state index in [1.807, 2.05) is 0 Å². The van der Waals surface area contributed by atoms with Gasteiger partial charge in [-0.15, -0.1) is 11.3 Å².